The van der Waals surface area contributed by atoms with Crippen LogP contribution in [0.5, 0.6) is 5.75 Å². The zero-order valence-corrected chi connectivity index (χ0v) is 13.1. The molecule has 3 rings (SSSR count). The SMILES string of the molecule is COc1ccc(-c2c[nH]c(-c3cccc(CN)c3)n2)cc1.Cl. The van der Waals surface area contributed by atoms with Gasteiger partial charge < -0.3 is 15.5 Å². The van der Waals surface area contributed by atoms with Gasteiger partial charge in [0.15, 0.2) is 0 Å². The Hall–Kier alpha value is -2.30. The second-order valence-electron chi connectivity index (χ2n) is 4.77. The van der Waals surface area contributed by atoms with E-state index in [-0.39, 0.29) is 12.4 Å². The second kappa shape index (κ2) is 7.11. The van der Waals surface area contributed by atoms with Crippen LogP contribution in [0.1, 0.15) is 5.56 Å². The maximum Gasteiger partial charge on any atom is 0.138 e. The van der Waals surface area contributed by atoms with E-state index in [1.54, 1.807) is 7.11 Å². The Morgan fingerprint density at radius 3 is 2.55 bits per heavy atom. The van der Waals surface area contributed by atoms with Gasteiger partial charge in [0.1, 0.15) is 11.6 Å². The van der Waals surface area contributed by atoms with Gasteiger partial charge in [0, 0.05) is 23.9 Å². The van der Waals surface area contributed by atoms with Gasteiger partial charge in [0.25, 0.3) is 0 Å². The highest BCUT2D eigenvalue weighted by Crippen LogP contribution is 2.24. The molecule has 1 aromatic heterocycles. The lowest BCUT2D eigenvalue weighted by Crippen LogP contribution is -1.96. The van der Waals surface area contributed by atoms with Crippen LogP contribution in [0.25, 0.3) is 22.6 Å². The quantitative estimate of drug-likeness (QED) is 0.772. The lowest BCUT2D eigenvalue weighted by Gasteiger charge is -2.01. The molecule has 2 aromatic carbocycles. The number of nitrogens with two attached hydrogens (primary N) is 1. The Labute approximate surface area is 135 Å². The number of hydrogen-bond donors (Lipinski definition) is 2. The summed E-state index contributed by atoms with van der Waals surface area (Å²) in [6, 6.07) is 15.9. The van der Waals surface area contributed by atoms with Crippen LogP contribution >= 0.6 is 12.4 Å². The molecule has 0 bridgehead atoms. The van der Waals surface area contributed by atoms with Gasteiger partial charge in [-0.05, 0) is 35.9 Å². The van der Waals surface area contributed by atoms with Crippen LogP contribution in [0.3, 0.4) is 0 Å². The Bertz CT molecular complexity index is 738. The minimum absolute atomic E-state index is 0. The lowest BCUT2D eigenvalue weighted by molar-refractivity contribution is 0.415. The average Bonchev–Trinajstić information content (AvgIpc) is 3.05. The van der Waals surface area contributed by atoms with E-state index < -0.39 is 0 Å². The molecular weight excluding hydrogens is 298 g/mol. The molecule has 5 heteroatoms. The molecule has 1 heterocycles. The van der Waals surface area contributed by atoms with Crippen LogP contribution in [0.15, 0.2) is 54.7 Å². The Morgan fingerprint density at radius 2 is 1.86 bits per heavy atom. The van der Waals surface area contributed by atoms with E-state index in [9.17, 15) is 0 Å². The van der Waals surface area contributed by atoms with Gasteiger partial charge in [0.05, 0.1) is 12.8 Å². The van der Waals surface area contributed by atoms with Crippen molar-refractivity contribution < 1.29 is 4.74 Å². The average molecular weight is 316 g/mol. The van der Waals surface area contributed by atoms with E-state index >= 15 is 0 Å². The van der Waals surface area contributed by atoms with Crippen LogP contribution in [0.2, 0.25) is 0 Å². The summed E-state index contributed by atoms with van der Waals surface area (Å²) in [7, 11) is 1.66. The third-order valence-corrected chi connectivity index (χ3v) is 3.40. The minimum atomic E-state index is 0. The molecule has 114 valence electrons. The number of nitrogens with zero attached hydrogens (tertiary/aromatic N) is 1. The first-order valence-corrected chi connectivity index (χ1v) is 6.79. The highest BCUT2D eigenvalue weighted by molar-refractivity contribution is 5.85. The summed E-state index contributed by atoms with van der Waals surface area (Å²) in [5.74, 6) is 1.68. The van der Waals surface area contributed by atoms with Gasteiger partial charge in [-0.25, -0.2) is 4.98 Å². The van der Waals surface area contributed by atoms with Crippen LogP contribution in [0, 0.1) is 0 Å². The number of benzene rings is 2. The van der Waals surface area contributed by atoms with Crippen LogP contribution < -0.4 is 10.5 Å². The van der Waals surface area contributed by atoms with Crippen molar-refractivity contribution in [1.82, 2.24) is 9.97 Å². The summed E-state index contributed by atoms with van der Waals surface area (Å²) in [6.07, 6.45) is 1.91. The first kappa shape index (κ1) is 16.1. The number of methoxy groups -OCH3 is 1. The number of H-pyrrole nitrogens is 1. The Balaban J connectivity index is 0.00000176. The highest BCUT2D eigenvalue weighted by Gasteiger charge is 2.06. The maximum absolute atomic E-state index is 5.68. The predicted octanol–water partition coefficient (Wildman–Crippen LogP) is 3.63. The van der Waals surface area contributed by atoms with Crippen LogP contribution in [-0.2, 0) is 6.54 Å². The first-order valence-electron chi connectivity index (χ1n) is 6.79. The van der Waals surface area contributed by atoms with Crippen molar-refractivity contribution in [3.8, 4) is 28.4 Å². The number of ether oxygens (including phenoxy) is 1. The zero-order chi connectivity index (χ0) is 14.7. The van der Waals surface area contributed by atoms with Crippen LogP contribution in [0.4, 0.5) is 0 Å². The topological polar surface area (TPSA) is 63.9 Å². The van der Waals surface area contributed by atoms with Crippen molar-refractivity contribution in [2.45, 2.75) is 6.54 Å². The largest absolute Gasteiger partial charge is 0.497 e. The zero-order valence-electron chi connectivity index (χ0n) is 12.2. The number of halogens is 1. The molecule has 0 unspecified atom stereocenters. The molecule has 3 aromatic rings. The van der Waals surface area contributed by atoms with E-state index in [1.165, 1.54) is 0 Å². The Kier molecular flexibility index (Phi) is 5.20. The fraction of sp³-hybridized carbons (Fsp3) is 0.118. The third-order valence-electron chi connectivity index (χ3n) is 3.40. The number of aromatic amines is 1. The summed E-state index contributed by atoms with van der Waals surface area (Å²) >= 11 is 0. The second-order valence-corrected chi connectivity index (χ2v) is 4.77. The molecule has 0 aliphatic heterocycles. The van der Waals surface area contributed by atoms with Crippen molar-refractivity contribution in [2.24, 2.45) is 5.73 Å². The summed E-state index contributed by atoms with van der Waals surface area (Å²) < 4.78 is 5.17. The van der Waals surface area contributed by atoms with Gasteiger partial charge in [-0.3, -0.25) is 0 Å². The van der Waals surface area contributed by atoms with Gasteiger partial charge in [-0.15, -0.1) is 12.4 Å². The molecule has 0 saturated heterocycles. The first-order chi connectivity index (χ1) is 10.3. The van der Waals surface area contributed by atoms with E-state index in [4.69, 9.17) is 10.5 Å². The maximum atomic E-state index is 5.68. The van der Waals surface area contributed by atoms with Gasteiger partial charge in [-0.1, -0.05) is 18.2 Å². The predicted molar refractivity (Wildman–Crippen MR) is 91.2 cm³/mol. The molecular formula is C17H18ClN3O. The molecule has 0 atom stereocenters. The monoisotopic (exact) mass is 315 g/mol. The molecule has 4 nitrogen and oxygen atoms in total. The summed E-state index contributed by atoms with van der Waals surface area (Å²) in [6.45, 7) is 0.528. The normalized spacial score (nSPS) is 10.1. The lowest BCUT2D eigenvalue weighted by atomic mass is 10.1. The van der Waals surface area contributed by atoms with Crippen molar-refractivity contribution in [2.75, 3.05) is 7.11 Å². The molecule has 0 aliphatic carbocycles. The number of imidazole rings is 1. The van der Waals surface area contributed by atoms with Gasteiger partial charge in [0.2, 0.25) is 0 Å². The molecule has 0 spiro atoms. The number of hydrogen-bond acceptors (Lipinski definition) is 3. The Morgan fingerprint density at radius 1 is 1.09 bits per heavy atom. The van der Waals surface area contributed by atoms with Crippen molar-refractivity contribution in [3.05, 3.63) is 60.3 Å². The van der Waals surface area contributed by atoms with Gasteiger partial charge in [-0.2, -0.15) is 0 Å². The summed E-state index contributed by atoms with van der Waals surface area (Å²) in [5.41, 5.74) is 9.77. The number of aromatic nitrogens is 2. The van der Waals surface area contributed by atoms with Crippen molar-refractivity contribution >= 4 is 12.4 Å². The van der Waals surface area contributed by atoms with Crippen molar-refractivity contribution in [1.29, 1.82) is 0 Å². The van der Waals surface area contributed by atoms with Gasteiger partial charge >= 0.3 is 0 Å². The fourth-order valence-corrected chi connectivity index (χ4v) is 2.22. The summed E-state index contributed by atoms with van der Waals surface area (Å²) in [5, 5.41) is 0. The fourth-order valence-electron chi connectivity index (χ4n) is 2.22. The third kappa shape index (κ3) is 3.30. The molecule has 0 saturated carbocycles. The van der Waals surface area contributed by atoms with E-state index in [2.05, 4.69) is 16.0 Å². The minimum Gasteiger partial charge on any atom is -0.497 e. The molecule has 0 radical (unpaired) electrons. The number of nitrogens with one attached hydrogen (secondary N) is 1. The molecule has 0 fully saturated rings. The smallest absolute Gasteiger partial charge is 0.138 e. The number of rotatable bonds is 4. The van der Waals surface area contributed by atoms with Crippen molar-refractivity contribution in [3.63, 3.8) is 0 Å². The molecule has 22 heavy (non-hydrogen) atoms. The van der Waals surface area contributed by atoms with Crippen LogP contribution in [-0.4, -0.2) is 17.1 Å². The molecule has 3 N–H and O–H groups in total. The van der Waals surface area contributed by atoms with E-state index in [1.807, 2.05) is 48.7 Å². The standard InChI is InChI=1S/C17H17N3O.ClH/c1-21-15-7-5-13(6-8-15)16-11-19-17(20-16)14-4-2-3-12(9-14)10-18;/h2-9,11H,10,18H2,1H3,(H,19,20);1H. The van der Waals surface area contributed by atoms with E-state index in [0.29, 0.717) is 6.54 Å². The highest BCUT2D eigenvalue weighted by atomic mass is 35.5. The molecule has 0 amide bonds. The molecule has 0 aliphatic rings. The van der Waals surface area contributed by atoms with E-state index in [0.717, 1.165) is 34.0 Å². The summed E-state index contributed by atoms with van der Waals surface area (Å²) in [4.78, 5) is 7.86.